The third-order valence-electron chi connectivity index (χ3n) is 3.87. The Morgan fingerprint density at radius 3 is 2.96 bits per heavy atom. The van der Waals surface area contributed by atoms with E-state index in [1.165, 1.54) is 11.3 Å². The van der Waals surface area contributed by atoms with E-state index in [9.17, 15) is 9.59 Å². The van der Waals surface area contributed by atoms with Gasteiger partial charge in [-0.05, 0) is 19.1 Å². The van der Waals surface area contributed by atoms with Gasteiger partial charge in [-0.2, -0.15) is 0 Å². The third kappa shape index (κ3) is 3.56. The van der Waals surface area contributed by atoms with Crippen molar-refractivity contribution in [3.05, 3.63) is 40.3 Å². The molecule has 6 nitrogen and oxygen atoms in total. The van der Waals surface area contributed by atoms with Crippen LogP contribution in [0.1, 0.15) is 17.1 Å². The van der Waals surface area contributed by atoms with E-state index in [2.05, 4.69) is 10.3 Å². The fourth-order valence-electron chi connectivity index (χ4n) is 2.82. The van der Waals surface area contributed by atoms with Crippen molar-refractivity contribution < 1.29 is 14.3 Å². The molecule has 2 heterocycles. The first kappa shape index (κ1) is 16.4. The molecule has 0 unspecified atom stereocenters. The molecule has 126 valence electrons. The van der Waals surface area contributed by atoms with Gasteiger partial charge in [-0.3, -0.25) is 9.59 Å². The number of carbonyl (C=O) groups is 2. The highest BCUT2D eigenvalue weighted by Gasteiger charge is 2.32. The van der Waals surface area contributed by atoms with Crippen LogP contribution in [0.4, 0.5) is 5.69 Å². The summed E-state index contributed by atoms with van der Waals surface area (Å²) in [6.45, 7) is 2.36. The zero-order valence-corrected chi connectivity index (χ0v) is 14.4. The molecule has 1 saturated heterocycles. The van der Waals surface area contributed by atoms with Crippen molar-refractivity contribution in [1.29, 1.82) is 0 Å². The maximum atomic E-state index is 12.3. The average Bonchev–Trinajstić information content (AvgIpc) is 3.12. The van der Waals surface area contributed by atoms with Crippen LogP contribution >= 0.6 is 11.3 Å². The number of anilines is 1. The molecule has 3 rings (SSSR count). The van der Waals surface area contributed by atoms with Crippen molar-refractivity contribution in [3.8, 4) is 5.75 Å². The summed E-state index contributed by atoms with van der Waals surface area (Å²) in [5.41, 5.74) is 1.50. The molecule has 0 aliphatic carbocycles. The zero-order valence-electron chi connectivity index (χ0n) is 13.6. The summed E-state index contributed by atoms with van der Waals surface area (Å²) >= 11 is 1.52. The van der Waals surface area contributed by atoms with Gasteiger partial charge in [0, 0.05) is 18.3 Å². The predicted molar refractivity (Wildman–Crippen MR) is 92.4 cm³/mol. The van der Waals surface area contributed by atoms with Gasteiger partial charge >= 0.3 is 0 Å². The van der Waals surface area contributed by atoms with Crippen molar-refractivity contribution in [3.63, 3.8) is 0 Å². The molecule has 0 spiro atoms. The van der Waals surface area contributed by atoms with Gasteiger partial charge in [0.15, 0.2) is 0 Å². The average molecular weight is 345 g/mol. The predicted octanol–water partition coefficient (Wildman–Crippen LogP) is 1.92. The van der Waals surface area contributed by atoms with E-state index in [1.807, 2.05) is 36.6 Å². The van der Waals surface area contributed by atoms with Gasteiger partial charge in [-0.15, -0.1) is 11.3 Å². The quantitative estimate of drug-likeness (QED) is 0.899. The van der Waals surface area contributed by atoms with E-state index in [0.717, 1.165) is 16.4 Å². The number of methoxy groups -OCH3 is 1. The summed E-state index contributed by atoms with van der Waals surface area (Å²) in [7, 11) is 1.58. The standard InChI is InChI=1S/C17H19N3O3S/c1-11-18-13(10-24-11)7-16(21)19-12-8-17(22)20(9-12)14-5-3-4-6-15(14)23-2/h3-6,10,12H,7-9H2,1-2H3,(H,19,21)/t12-/m0/s1. The summed E-state index contributed by atoms with van der Waals surface area (Å²) in [4.78, 5) is 30.4. The van der Waals surface area contributed by atoms with E-state index in [0.29, 0.717) is 18.7 Å². The number of benzene rings is 1. The van der Waals surface area contributed by atoms with E-state index >= 15 is 0 Å². The largest absolute Gasteiger partial charge is 0.495 e. The highest BCUT2D eigenvalue weighted by molar-refractivity contribution is 7.09. The van der Waals surface area contributed by atoms with Gasteiger partial charge in [0.1, 0.15) is 5.75 Å². The number of thiazole rings is 1. The second kappa shape index (κ2) is 7.00. The Hall–Kier alpha value is -2.41. The molecule has 2 amide bonds. The molecule has 0 bridgehead atoms. The number of carbonyl (C=O) groups excluding carboxylic acids is 2. The molecule has 1 aliphatic rings. The van der Waals surface area contributed by atoms with Crippen molar-refractivity contribution in [2.45, 2.75) is 25.8 Å². The van der Waals surface area contributed by atoms with E-state index in [1.54, 1.807) is 12.0 Å². The fourth-order valence-corrected chi connectivity index (χ4v) is 3.44. The second-order valence-electron chi connectivity index (χ2n) is 5.68. The van der Waals surface area contributed by atoms with E-state index in [4.69, 9.17) is 4.74 Å². The topological polar surface area (TPSA) is 71.5 Å². The summed E-state index contributed by atoms with van der Waals surface area (Å²) in [5, 5.41) is 5.75. The van der Waals surface area contributed by atoms with Crippen LogP contribution in [0.3, 0.4) is 0 Å². The second-order valence-corrected chi connectivity index (χ2v) is 6.74. The highest BCUT2D eigenvalue weighted by Crippen LogP contribution is 2.30. The van der Waals surface area contributed by atoms with Gasteiger partial charge in [-0.1, -0.05) is 12.1 Å². The molecule has 7 heteroatoms. The Morgan fingerprint density at radius 1 is 1.46 bits per heavy atom. The molecule has 24 heavy (non-hydrogen) atoms. The number of aromatic nitrogens is 1. The molecular weight excluding hydrogens is 326 g/mol. The molecule has 2 aromatic rings. The lowest BCUT2D eigenvalue weighted by Gasteiger charge is -2.19. The van der Waals surface area contributed by atoms with Crippen LogP contribution in [0.25, 0.3) is 0 Å². The first-order valence-electron chi connectivity index (χ1n) is 7.70. The number of ether oxygens (including phenoxy) is 1. The molecule has 1 aliphatic heterocycles. The van der Waals surface area contributed by atoms with Gasteiger partial charge in [0.05, 0.1) is 36.0 Å². The maximum Gasteiger partial charge on any atom is 0.229 e. The Morgan fingerprint density at radius 2 is 2.25 bits per heavy atom. The Bertz CT molecular complexity index is 759. The number of amides is 2. The normalized spacial score (nSPS) is 17.2. The molecule has 1 N–H and O–H groups in total. The first-order chi connectivity index (χ1) is 11.6. The van der Waals surface area contributed by atoms with Crippen LogP contribution in [-0.4, -0.2) is 36.5 Å². The van der Waals surface area contributed by atoms with Crippen molar-refractivity contribution in [1.82, 2.24) is 10.3 Å². The van der Waals surface area contributed by atoms with Crippen molar-refractivity contribution in [2.24, 2.45) is 0 Å². The number of hydrogen-bond acceptors (Lipinski definition) is 5. The highest BCUT2D eigenvalue weighted by atomic mass is 32.1. The van der Waals surface area contributed by atoms with Gasteiger partial charge in [0.25, 0.3) is 0 Å². The molecule has 1 aromatic carbocycles. The van der Waals surface area contributed by atoms with Crippen LogP contribution in [0.15, 0.2) is 29.6 Å². The lowest BCUT2D eigenvalue weighted by atomic mass is 10.2. The molecule has 0 radical (unpaired) electrons. The van der Waals surface area contributed by atoms with Crippen molar-refractivity contribution >= 4 is 28.8 Å². The van der Waals surface area contributed by atoms with Gasteiger partial charge in [0.2, 0.25) is 11.8 Å². The zero-order chi connectivity index (χ0) is 17.1. The lowest BCUT2D eigenvalue weighted by molar-refractivity contribution is -0.121. The number of nitrogens with one attached hydrogen (secondary N) is 1. The Kier molecular flexibility index (Phi) is 4.80. The van der Waals surface area contributed by atoms with Gasteiger partial charge < -0.3 is 15.0 Å². The Labute approximate surface area is 144 Å². The van der Waals surface area contributed by atoms with Crippen LogP contribution in [0.5, 0.6) is 5.75 Å². The summed E-state index contributed by atoms with van der Waals surface area (Å²) in [6.07, 6.45) is 0.531. The molecular formula is C17H19N3O3S. The Balaban J connectivity index is 1.63. The van der Waals surface area contributed by atoms with E-state index in [-0.39, 0.29) is 24.3 Å². The van der Waals surface area contributed by atoms with Crippen LogP contribution < -0.4 is 15.0 Å². The molecule has 1 fully saturated rings. The smallest absolute Gasteiger partial charge is 0.229 e. The first-order valence-corrected chi connectivity index (χ1v) is 8.58. The minimum absolute atomic E-state index is 0.0192. The molecule has 0 saturated carbocycles. The monoisotopic (exact) mass is 345 g/mol. The van der Waals surface area contributed by atoms with Crippen molar-refractivity contribution in [2.75, 3.05) is 18.6 Å². The number of rotatable bonds is 5. The molecule has 1 atom stereocenters. The number of hydrogen-bond donors (Lipinski definition) is 1. The third-order valence-corrected chi connectivity index (χ3v) is 4.70. The van der Waals surface area contributed by atoms with Crippen LogP contribution in [0, 0.1) is 6.92 Å². The minimum atomic E-state index is -0.199. The summed E-state index contributed by atoms with van der Waals surface area (Å²) in [6, 6.07) is 7.19. The van der Waals surface area contributed by atoms with Crippen LogP contribution in [-0.2, 0) is 16.0 Å². The number of nitrogens with zero attached hydrogens (tertiary/aromatic N) is 2. The maximum absolute atomic E-state index is 12.3. The van der Waals surface area contributed by atoms with E-state index < -0.39 is 0 Å². The van der Waals surface area contributed by atoms with Gasteiger partial charge in [-0.25, -0.2) is 4.98 Å². The minimum Gasteiger partial charge on any atom is -0.495 e. The SMILES string of the molecule is COc1ccccc1N1C[C@@H](NC(=O)Cc2csc(C)n2)CC1=O. The summed E-state index contributed by atoms with van der Waals surface area (Å²) < 4.78 is 5.32. The summed E-state index contributed by atoms with van der Waals surface area (Å²) in [5.74, 6) is 0.519. The fraction of sp³-hybridized carbons (Fsp3) is 0.353. The van der Waals surface area contributed by atoms with Crippen LogP contribution in [0.2, 0.25) is 0 Å². The lowest BCUT2D eigenvalue weighted by Crippen LogP contribution is -2.38. The molecule has 1 aromatic heterocycles. The number of para-hydroxylation sites is 2. The number of aryl methyl sites for hydroxylation is 1.